The highest BCUT2D eigenvalue weighted by atomic mass is 16.6. The smallest absolute Gasteiger partial charge is 0.413 e. The molecular formula is C22H21NO5. The molecule has 0 saturated carbocycles. The molecule has 0 aromatic heterocycles. The van der Waals surface area contributed by atoms with Crippen LogP contribution in [0.15, 0.2) is 72.8 Å². The summed E-state index contributed by atoms with van der Waals surface area (Å²) < 4.78 is 10.9. The maximum atomic E-state index is 12.6. The largest absolute Gasteiger partial charge is 0.458 e. The van der Waals surface area contributed by atoms with E-state index in [-0.39, 0.29) is 19.1 Å². The second-order valence-corrected chi connectivity index (χ2v) is 7.05. The monoisotopic (exact) mass is 379 g/mol. The van der Waals surface area contributed by atoms with Crippen LogP contribution in [0.3, 0.4) is 0 Å². The molecule has 2 heterocycles. The van der Waals surface area contributed by atoms with Crippen molar-refractivity contribution < 1.29 is 24.2 Å². The average molecular weight is 379 g/mol. The van der Waals surface area contributed by atoms with Gasteiger partial charge in [0, 0.05) is 12.8 Å². The molecule has 1 fully saturated rings. The lowest BCUT2D eigenvalue weighted by molar-refractivity contribution is -0.119. The van der Waals surface area contributed by atoms with Gasteiger partial charge in [-0.25, -0.2) is 9.59 Å². The lowest BCUT2D eigenvalue weighted by Gasteiger charge is -2.43. The van der Waals surface area contributed by atoms with Crippen molar-refractivity contribution in [3.8, 4) is 0 Å². The zero-order valence-corrected chi connectivity index (χ0v) is 15.2. The Morgan fingerprint density at radius 1 is 1.07 bits per heavy atom. The Kier molecular flexibility index (Phi) is 4.88. The second kappa shape index (κ2) is 7.48. The number of rotatable bonds is 4. The number of amides is 1. The number of carbonyl (C=O) groups excluding carboxylic acids is 2. The molecule has 0 spiro atoms. The van der Waals surface area contributed by atoms with Crippen molar-refractivity contribution in [2.45, 2.75) is 37.3 Å². The summed E-state index contributed by atoms with van der Waals surface area (Å²) in [6.07, 6.45) is 2.79. The number of esters is 1. The van der Waals surface area contributed by atoms with E-state index >= 15 is 0 Å². The van der Waals surface area contributed by atoms with Crippen molar-refractivity contribution in [1.29, 1.82) is 0 Å². The fourth-order valence-corrected chi connectivity index (χ4v) is 3.72. The molecule has 2 bridgehead atoms. The van der Waals surface area contributed by atoms with E-state index in [1.807, 2.05) is 36.4 Å². The second-order valence-electron chi connectivity index (χ2n) is 7.05. The molecule has 1 saturated heterocycles. The number of hydrogen-bond acceptors (Lipinski definition) is 5. The van der Waals surface area contributed by atoms with Crippen LogP contribution in [0.5, 0.6) is 0 Å². The summed E-state index contributed by atoms with van der Waals surface area (Å²) in [6, 6.07) is 17.7. The van der Waals surface area contributed by atoms with E-state index in [1.165, 1.54) is 4.90 Å². The first kappa shape index (κ1) is 18.3. The summed E-state index contributed by atoms with van der Waals surface area (Å²) in [5, 5.41) is 10.9. The van der Waals surface area contributed by atoms with E-state index < -0.39 is 23.9 Å². The number of nitrogens with zero attached hydrogens (tertiary/aromatic N) is 1. The number of carbonyl (C=O) groups is 2. The third kappa shape index (κ3) is 3.64. The number of fused-ring (bicyclic) bond motifs is 2. The van der Waals surface area contributed by atoms with Crippen LogP contribution in [0, 0.1) is 0 Å². The van der Waals surface area contributed by atoms with Gasteiger partial charge in [-0.1, -0.05) is 54.6 Å². The number of benzene rings is 2. The molecule has 1 amide bonds. The summed E-state index contributed by atoms with van der Waals surface area (Å²) in [5.74, 6) is -0.436. The summed E-state index contributed by atoms with van der Waals surface area (Å²) in [5.41, 5.74) is -0.187. The molecular weight excluding hydrogens is 358 g/mol. The zero-order valence-electron chi connectivity index (χ0n) is 15.2. The molecule has 3 atom stereocenters. The van der Waals surface area contributed by atoms with Gasteiger partial charge in [-0.2, -0.15) is 0 Å². The van der Waals surface area contributed by atoms with Gasteiger partial charge in [0.15, 0.2) is 5.72 Å². The fourth-order valence-electron chi connectivity index (χ4n) is 3.72. The van der Waals surface area contributed by atoms with E-state index in [9.17, 15) is 14.7 Å². The van der Waals surface area contributed by atoms with E-state index in [0.29, 0.717) is 12.0 Å². The molecule has 0 radical (unpaired) electrons. The van der Waals surface area contributed by atoms with Gasteiger partial charge in [0.05, 0.1) is 11.6 Å². The van der Waals surface area contributed by atoms with Crippen molar-refractivity contribution in [2.24, 2.45) is 0 Å². The molecule has 28 heavy (non-hydrogen) atoms. The van der Waals surface area contributed by atoms with Crippen LogP contribution in [-0.4, -0.2) is 39.9 Å². The molecule has 1 N–H and O–H groups in total. The average Bonchev–Trinajstić information content (AvgIpc) is 2.93. The quantitative estimate of drug-likeness (QED) is 0.652. The Morgan fingerprint density at radius 3 is 2.43 bits per heavy atom. The number of aliphatic hydroxyl groups is 1. The minimum atomic E-state index is -1.52. The predicted molar refractivity (Wildman–Crippen MR) is 101 cm³/mol. The molecule has 2 aliphatic heterocycles. The molecule has 144 valence electrons. The van der Waals surface area contributed by atoms with Gasteiger partial charge in [0.25, 0.3) is 0 Å². The molecule has 0 unspecified atom stereocenters. The van der Waals surface area contributed by atoms with E-state index in [1.54, 1.807) is 36.4 Å². The molecule has 2 aromatic rings. The van der Waals surface area contributed by atoms with Crippen LogP contribution >= 0.6 is 0 Å². The molecule has 6 nitrogen and oxygen atoms in total. The third-order valence-corrected chi connectivity index (χ3v) is 5.05. The van der Waals surface area contributed by atoms with Gasteiger partial charge in [0.1, 0.15) is 12.7 Å². The van der Waals surface area contributed by atoms with Crippen molar-refractivity contribution in [2.75, 3.05) is 0 Å². The van der Waals surface area contributed by atoms with Crippen LogP contribution < -0.4 is 0 Å². The van der Waals surface area contributed by atoms with E-state index in [2.05, 4.69) is 0 Å². The van der Waals surface area contributed by atoms with Gasteiger partial charge < -0.3 is 14.6 Å². The maximum absolute atomic E-state index is 12.6. The first-order valence-corrected chi connectivity index (χ1v) is 9.23. The van der Waals surface area contributed by atoms with Crippen LogP contribution in [-0.2, 0) is 16.1 Å². The van der Waals surface area contributed by atoms with Gasteiger partial charge in [-0.3, -0.25) is 4.90 Å². The number of piperidine rings is 1. The van der Waals surface area contributed by atoms with Crippen molar-refractivity contribution >= 4 is 12.1 Å². The molecule has 2 aliphatic rings. The topological polar surface area (TPSA) is 76.1 Å². The lowest BCUT2D eigenvalue weighted by atomic mass is 9.96. The number of hydrogen-bond donors (Lipinski definition) is 1. The standard InChI is InChI=1S/C22H21NO5/c24-20(17-9-5-2-6-10-17)28-19-13-18-11-12-22(26,14-19)23(18)21(25)27-15-16-7-3-1-4-8-16/h1-12,18-19,26H,13-15H2/t18-,19-,22-/m1/s1. The molecule has 4 rings (SSSR count). The van der Waals surface area contributed by atoms with Crippen LogP contribution in [0.4, 0.5) is 4.79 Å². The van der Waals surface area contributed by atoms with Crippen LogP contribution in [0.2, 0.25) is 0 Å². The Balaban J connectivity index is 1.39. The number of ether oxygens (including phenoxy) is 2. The van der Waals surface area contributed by atoms with Gasteiger partial charge in [-0.15, -0.1) is 0 Å². The Morgan fingerprint density at radius 2 is 1.75 bits per heavy atom. The summed E-state index contributed by atoms with van der Waals surface area (Å²) in [4.78, 5) is 26.2. The van der Waals surface area contributed by atoms with E-state index in [0.717, 1.165) is 5.56 Å². The van der Waals surface area contributed by atoms with E-state index in [4.69, 9.17) is 9.47 Å². The Labute approximate surface area is 163 Å². The Bertz CT molecular complexity index is 882. The molecule has 2 aromatic carbocycles. The summed E-state index contributed by atoms with van der Waals surface area (Å²) >= 11 is 0. The van der Waals surface area contributed by atoms with Gasteiger partial charge in [0.2, 0.25) is 0 Å². The highest BCUT2D eigenvalue weighted by Crippen LogP contribution is 2.39. The predicted octanol–water partition coefficient (Wildman–Crippen LogP) is 3.27. The summed E-state index contributed by atoms with van der Waals surface area (Å²) in [7, 11) is 0. The maximum Gasteiger partial charge on any atom is 0.413 e. The SMILES string of the molecule is O=C(O[C@@H]1C[C@H]2C=C[C@@](O)(C1)N2C(=O)OCc1ccccc1)c1ccccc1. The lowest BCUT2D eigenvalue weighted by Crippen LogP contribution is -2.57. The highest BCUT2D eigenvalue weighted by molar-refractivity contribution is 5.89. The fraction of sp³-hybridized carbons (Fsp3) is 0.273. The van der Waals surface area contributed by atoms with Crippen molar-refractivity contribution in [3.63, 3.8) is 0 Å². The van der Waals surface area contributed by atoms with Crippen molar-refractivity contribution in [1.82, 2.24) is 4.90 Å². The van der Waals surface area contributed by atoms with Crippen molar-refractivity contribution in [3.05, 3.63) is 83.9 Å². The normalized spacial score (nSPS) is 25.4. The Hall–Kier alpha value is -3.12. The minimum absolute atomic E-state index is 0.110. The zero-order chi connectivity index (χ0) is 19.6. The van der Waals surface area contributed by atoms with Gasteiger partial charge >= 0.3 is 12.1 Å². The molecule has 6 heteroatoms. The van der Waals surface area contributed by atoms with Crippen LogP contribution in [0.1, 0.15) is 28.8 Å². The van der Waals surface area contributed by atoms with Gasteiger partial charge in [-0.05, 0) is 23.8 Å². The molecule has 0 aliphatic carbocycles. The van der Waals surface area contributed by atoms with Crippen LogP contribution in [0.25, 0.3) is 0 Å². The summed E-state index contributed by atoms with van der Waals surface area (Å²) in [6.45, 7) is 0.130. The third-order valence-electron chi connectivity index (χ3n) is 5.05. The highest BCUT2D eigenvalue weighted by Gasteiger charge is 2.51. The first-order chi connectivity index (χ1) is 13.5. The first-order valence-electron chi connectivity index (χ1n) is 9.23. The minimum Gasteiger partial charge on any atom is -0.458 e.